The van der Waals surface area contributed by atoms with Crippen LogP contribution >= 0.6 is 0 Å². The van der Waals surface area contributed by atoms with Crippen molar-refractivity contribution < 1.29 is 14.7 Å². The molecule has 0 unspecified atom stereocenters. The smallest absolute Gasteiger partial charge is 0.224 e. The minimum absolute atomic E-state index is 0.153. The molecule has 4 nitrogen and oxygen atoms in total. The molecule has 1 amide bonds. The Bertz CT molecular complexity index is 388. The first-order valence-electron chi connectivity index (χ1n) is 5.26. The van der Waals surface area contributed by atoms with Gasteiger partial charge in [0.25, 0.3) is 0 Å². The normalized spacial score (nSPS) is 9.81. The fourth-order valence-corrected chi connectivity index (χ4v) is 1.31. The molecule has 0 aliphatic rings. The van der Waals surface area contributed by atoms with Gasteiger partial charge in [-0.15, -0.1) is 0 Å². The highest BCUT2D eigenvalue weighted by molar-refractivity contribution is 5.94. The number of hydrogen-bond donors (Lipinski definition) is 2. The predicted molar refractivity (Wildman–Crippen MR) is 61.6 cm³/mol. The number of carbonyl (C=O) groups is 2. The van der Waals surface area contributed by atoms with E-state index in [0.717, 1.165) is 12.8 Å². The van der Waals surface area contributed by atoms with Crippen molar-refractivity contribution in [3.05, 3.63) is 23.8 Å². The molecule has 0 aliphatic carbocycles. The van der Waals surface area contributed by atoms with Crippen LogP contribution in [0.5, 0.6) is 5.75 Å². The third-order valence-electron chi connectivity index (χ3n) is 2.23. The average Bonchev–Trinajstić information content (AvgIpc) is 2.29. The highest BCUT2D eigenvalue weighted by atomic mass is 16.3. The van der Waals surface area contributed by atoms with E-state index in [2.05, 4.69) is 5.32 Å². The Labute approximate surface area is 94.3 Å². The molecule has 16 heavy (non-hydrogen) atoms. The van der Waals surface area contributed by atoms with Crippen molar-refractivity contribution >= 4 is 17.9 Å². The van der Waals surface area contributed by atoms with Crippen molar-refractivity contribution in [1.29, 1.82) is 0 Å². The van der Waals surface area contributed by atoms with Crippen LogP contribution in [0.2, 0.25) is 0 Å². The van der Waals surface area contributed by atoms with Gasteiger partial charge in [0.2, 0.25) is 5.91 Å². The molecular weight excluding hydrogens is 206 g/mol. The van der Waals surface area contributed by atoms with Crippen LogP contribution in [0, 0.1) is 0 Å². The lowest BCUT2D eigenvalue weighted by Gasteiger charge is -2.07. The molecule has 4 heteroatoms. The molecule has 0 spiro atoms. The molecular formula is C12H15NO3. The molecule has 0 atom stereocenters. The van der Waals surface area contributed by atoms with Gasteiger partial charge >= 0.3 is 0 Å². The third-order valence-corrected chi connectivity index (χ3v) is 2.23. The Balaban J connectivity index is 2.73. The summed E-state index contributed by atoms with van der Waals surface area (Å²) >= 11 is 0. The number of aldehydes is 1. The summed E-state index contributed by atoms with van der Waals surface area (Å²) in [4.78, 5) is 22.0. The zero-order valence-corrected chi connectivity index (χ0v) is 9.19. The maximum atomic E-state index is 11.4. The Morgan fingerprint density at radius 3 is 2.88 bits per heavy atom. The number of anilines is 1. The van der Waals surface area contributed by atoms with E-state index in [1.54, 1.807) is 12.1 Å². The first-order chi connectivity index (χ1) is 7.69. The van der Waals surface area contributed by atoms with E-state index in [1.807, 2.05) is 6.92 Å². The predicted octanol–water partition coefficient (Wildman–Crippen LogP) is 2.33. The molecule has 0 fully saturated rings. The van der Waals surface area contributed by atoms with E-state index < -0.39 is 0 Å². The summed E-state index contributed by atoms with van der Waals surface area (Å²) in [7, 11) is 0. The van der Waals surface area contributed by atoms with Crippen LogP contribution in [0.15, 0.2) is 18.2 Å². The van der Waals surface area contributed by atoms with Gasteiger partial charge in [0.05, 0.1) is 11.3 Å². The van der Waals surface area contributed by atoms with Crippen LogP contribution in [0.25, 0.3) is 0 Å². The monoisotopic (exact) mass is 221 g/mol. The summed E-state index contributed by atoms with van der Waals surface area (Å²) in [6.07, 6.45) is 2.71. The molecule has 0 aromatic heterocycles. The zero-order valence-electron chi connectivity index (χ0n) is 9.19. The number of carbonyl (C=O) groups excluding carboxylic acids is 2. The number of phenols is 1. The average molecular weight is 221 g/mol. The lowest BCUT2D eigenvalue weighted by atomic mass is 10.2. The van der Waals surface area contributed by atoms with E-state index in [4.69, 9.17) is 0 Å². The molecule has 1 rings (SSSR count). The molecule has 1 aromatic carbocycles. The molecule has 0 heterocycles. The van der Waals surface area contributed by atoms with Gasteiger partial charge in [0, 0.05) is 6.42 Å². The van der Waals surface area contributed by atoms with Crippen molar-refractivity contribution in [2.75, 3.05) is 5.32 Å². The summed E-state index contributed by atoms with van der Waals surface area (Å²) < 4.78 is 0. The van der Waals surface area contributed by atoms with Crippen LogP contribution in [0.1, 0.15) is 36.5 Å². The highest BCUT2D eigenvalue weighted by Crippen LogP contribution is 2.26. The first-order valence-corrected chi connectivity index (χ1v) is 5.26. The number of unbranched alkanes of at least 4 members (excludes halogenated alkanes) is 1. The fourth-order valence-electron chi connectivity index (χ4n) is 1.31. The number of para-hydroxylation sites is 1. The molecule has 0 saturated carbocycles. The van der Waals surface area contributed by atoms with Gasteiger partial charge in [-0.3, -0.25) is 9.59 Å². The lowest BCUT2D eigenvalue weighted by molar-refractivity contribution is -0.116. The van der Waals surface area contributed by atoms with Crippen LogP contribution in [0.3, 0.4) is 0 Å². The molecule has 0 radical (unpaired) electrons. The number of phenolic OH excluding ortho intramolecular Hbond substituents is 1. The van der Waals surface area contributed by atoms with E-state index in [-0.39, 0.29) is 22.9 Å². The van der Waals surface area contributed by atoms with E-state index in [1.165, 1.54) is 6.07 Å². The number of nitrogens with one attached hydrogen (secondary N) is 1. The van der Waals surface area contributed by atoms with Gasteiger partial charge in [-0.2, -0.15) is 0 Å². The van der Waals surface area contributed by atoms with Gasteiger partial charge in [-0.1, -0.05) is 19.4 Å². The second-order valence-electron chi connectivity index (χ2n) is 3.51. The Morgan fingerprint density at radius 1 is 1.50 bits per heavy atom. The maximum Gasteiger partial charge on any atom is 0.224 e. The SMILES string of the molecule is CCCCC(=O)Nc1cccc(C=O)c1O. The highest BCUT2D eigenvalue weighted by Gasteiger charge is 2.08. The van der Waals surface area contributed by atoms with Gasteiger partial charge < -0.3 is 10.4 Å². The molecule has 0 aliphatic heterocycles. The Hall–Kier alpha value is -1.84. The maximum absolute atomic E-state index is 11.4. The van der Waals surface area contributed by atoms with Crippen LogP contribution in [-0.2, 0) is 4.79 Å². The molecule has 1 aromatic rings. The summed E-state index contributed by atoms with van der Waals surface area (Å²) in [6, 6.07) is 4.66. The van der Waals surface area contributed by atoms with Gasteiger partial charge in [-0.25, -0.2) is 0 Å². The third kappa shape index (κ3) is 3.08. The number of rotatable bonds is 5. The topological polar surface area (TPSA) is 66.4 Å². The quantitative estimate of drug-likeness (QED) is 0.592. The lowest BCUT2D eigenvalue weighted by Crippen LogP contribution is -2.11. The molecule has 0 saturated heterocycles. The molecule has 0 bridgehead atoms. The van der Waals surface area contributed by atoms with E-state index in [9.17, 15) is 14.7 Å². The standard InChI is InChI=1S/C12H15NO3/c1-2-3-7-11(15)13-10-6-4-5-9(8-14)12(10)16/h4-6,8,16H,2-3,7H2,1H3,(H,13,15). The summed E-state index contributed by atoms with van der Waals surface area (Å²) in [5.74, 6) is -0.331. The van der Waals surface area contributed by atoms with E-state index >= 15 is 0 Å². The van der Waals surface area contributed by atoms with E-state index in [0.29, 0.717) is 12.7 Å². The summed E-state index contributed by atoms with van der Waals surface area (Å²) in [5.41, 5.74) is 0.457. The zero-order chi connectivity index (χ0) is 12.0. The van der Waals surface area contributed by atoms with Crippen LogP contribution in [0.4, 0.5) is 5.69 Å². The van der Waals surface area contributed by atoms with Crippen molar-refractivity contribution in [2.45, 2.75) is 26.2 Å². The number of aromatic hydroxyl groups is 1. The van der Waals surface area contributed by atoms with Crippen molar-refractivity contribution in [3.8, 4) is 5.75 Å². The van der Waals surface area contributed by atoms with Crippen molar-refractivity contribution in [1.82, 2.24) is 0 Å². The second-order valence-corrected chi connectivity index (χ2v) is 3.51. The Morgan fingerprint density at radius 2 is 2.25 bits per heavy atom. The summed E-state index contributed by atoms with van der Waals surface area (Å²) in [6.45, 7) is 2.00. The number of amides is 1. The van der Waals surface area contributed by atoms with Gasteiger partial charge in [-0.05, 0) is 18.6 Å². The molecule has 86 valence electrons. The van der Waals surface area contributed by atoms with Gasteiger partial charge in [0.1, 0.15) is 5.75 Å². The fraction of sp³-hybridized carbons (Fsp3) is 0.333. The number of benzene rings is 1. The van der Waals surface area contributed by atoms with Crippen molar-refractivity contribution in [3.63, 3.8) is 0 Å². The Kier molecular flexibility index (Phi) is 4.51. The minimum atomic E-state index is -0.178. The van der Waals surface area contributed by atoms with Crippen molar-refractivity contribution in [2.24, 2.45) is 0 Å². The molecule has 2 N–H and O–H groups in total. The number of hydrogen-bond acceptors (Lipinski definition) is 3. The van der Waals surface area contributed by atoms with Crippen LogP contribution < -0.4 is 5.32 Å². The largest absolute Gasteiger partial charge is 0.505 e. The second kappa shape index (κ2) is 5.90. The minimum Gasteiger partial charge on any atom is -0.505 e. The summed E-state index contributed by atoms with van der Waals surface area (Å²) in [5, 5.41) is 12.2. The first kappa shape index (κ1) is 12.2. The van der Waals surface area contributed by atoms with Gasteiger partial charge in [0.15, 0.2) is 6.29 Å². The van der Waals surface area contributed by atoms with Crippen LogP contribution in [-0.4, -0.2) is 17.3 Å².